The molecule has 1 aromatic heterocycles. The molecule has 0 N–H and O–H groups in total. The zero-order valence-electron chi connectivity index (χ0n) is 18.6. The predicted octanol–water partition coefficient (Wildman–Crippen LogP) is 4.14. The van der Waals surface area contributed by atoms with Gasteiger partial charge in [0, 0.05) is 44.5 Å². The molecule has 0 atom stereocenters. The van der Waals surface area contributed by atoms with Crippen LogP contribution in [0.3, 0.4) is 0 Å². The van der Waals surface area contributed by atoms with Crippen molar-refractivity contribution in [3.05, 3.63) is 83.4 Å². The van der Waals surface area contributed by atoms with Crippen molar-refractivity contribution in [3.63, 3.8) is 0 Å². The molecule has 1 saturated heterocycles. The van der Waals surface area contributed by atoms with Gasteiger partial charge in [0.25, 0.3) is 5.91 Å². The number of amides is 1. The van der Waals surface area contributed by atoms with Crippen LogP contribution in [-0.4, -0.2) is 51.7 Å². The van der Waals surface area contributed by atoms with E-state index in [2.05, 4.69) is 36.0 Å². The molecule has 1 aliphatic heterocycles. The van der Waals surface area contributed by atoms with Gasteiger partial charge in [0.15, 0.2) is 12.4 Å². The Bertz CT molecular complexity index is 1040. The van der Waals surface area contributed by atoms with Crippen molar-refractivity contribution in [3.8, 4) is 5.75 Å². The molecule has 3 aromatic rings. The summed E-state index contributed by atoms with van der Waals surface area (Å²) in [5.74, 6) is 0.971. The van der Waals surface area contributed by atoms with Crippen LogP contribution >= 0.6 is 0 Å². The van der Waals surface area contributed by atoms with E-state index in [0.717, 1.165) is 5.75 Å². The summed E-state index contributed by atoms with van der Waals surface area (Å²) < 4.78 is 21.3. The van der Waals surface area contributed by atoms with Crippen molar-refractivity contribution < 1.29 is 13.9 Å². The molecule has 0 unspecified atom stereocenters. The Labute approximate surface area is 188 Å². The minimum atomic E-state index is -0.186. The summed E-state index contributed by atoms with van der Waals surface area (Å²) in [5.41, 5.74) is 2.36. The van der Waals surface area contributed by atoms with Gasteiger partial charge in [0.05, 0.1) is 0 Å². The molecule has 32 heavy (non-hydrogen) atoms. The quantitative estimate of drug-likeness (QED) is 0.559. The Hall–Kier alpha value is -3.19. The summed E-state index contributed by atoms with van der Waals surface area (Å²) >= 11 is 0. The Balaban J connectivity index is 1.27. The Morgan fingerprint density at radius 1 is 1.03 bits per heavy atom. The molecule has 0 saturated carbocycles. The van der Waals surface area contributed by atoms with Crippen molar-refractivity contribution in [1.82, 2.24) is 19.6 Å². The van der Waals surface area contributed by atoms with Gasteiger partial charge in [-0.15, -0.1) is 0 Å². The summed E-state index contributed by atoms with van der Waals surface area (Å²) in [4.78, 5) is 16.8. The average molecular weight is 437 g/mol. The number of ether oxygens (including phenoxy) is 1. The van der Waals surface area contributed by atoms with Crippen molar-refractivity contribution in [2.75, 3.05) is 26.2 Å². The first-order valence-corrected chi connectivity index (χ1v) is 11.0. The molecule has 1 fully saturated rings. The smallest absolute Gasteiger partial charge is 0.274 e. The maximum absolute atomic E-state index is 13.9. The average Bonchev–Trinajstić information content (AvgIpc) is 3.29. The van der Waals surface area contributed by atoms with Crippen LogP contribution in [-0.2, 0) is 13.3 Å². The first-order valence-electron chi connectivity index (χ1n) is 11.0. The molecule has 2 aromatic carbocycles. The number of nitrogens with zero attached hydrogens (tertiary/aromatic N) is 4. The predicted molar refractivity (Wildman–Crippen MR) is 121 cm³/mol. The highest BCUT2D eigenvalue weighted by molar-refractivity contribution is 5.92. The van der Waals surface area contributed by atoms with E-state index in [1.807, 2.05) is 18.2 Å². The Morgan fingerprint density at radius 2 is 1.75 bits per heavy atom. The largest absolute Gasteiger partial charge is 0.471 e. The highest BCUT2D eigenvalue weighted by atomic mass is 19.1. The van der Waals surface area contributed by atoms with Crippen LogP contribution in [0.25, 0.3) is 0 Å². The van der Waals surface area contributed by atoms with Gasteiger partial charge < -0.3 is 9.64 Å². The van der Waals surface area contributed by atoms with Gasteiger partial charge in [-0.05, 0) is 35.7 Å². The number of carbonyl (C=O) groups is 1. The number of carbonyl (C=O) groups excluding carboxylic acids is 1. The highest BCUT2D eigenvalue weighted by Gasteiger charge is 2.24. The van der Waals surface area contributed by atoms with Gasteiger partial charge in [-0.2, -0.15) is 5.10 Å². The second-order valence-corrected chi connectivity index (χ2v) is 8.40. The minimum absolute atomic E-state index is 0.0874. The van der Waals surface area contributed by atoms with Crippen LogP contribution < -0.4 is 4.74 Å². The zero-order chi connectivity index (χ0) is 22.5. The number of rotatable bonds is 7. The maximum Gasteiger partial charge on any atom is 0.274 e. The number of aromatic nitrogens is 2. The molecule has 0 spiro atoms. The number of halogens is 1. The van der Waals surface area contributed by atoms with Crippen molar-refractivity contribution >= 4 is 5.91 Å². The van der Waals surface area contributed by atoms with E-state index in [-0.39, 0.29) is 18.5 Å². The first-order chi connectivity index (χ1) is 15.5. The van der Waals surface area contributed by atoms with E-state index < -0.39 is 0 Å². The molecule has 168 valence electrons. The van der Waals surface area contributed by atoms with Gasteiger partial charge in [0.1, 0.15) is 11.6 Å². The molecular formula is C25H29FN4O2. The van der Waals surface area contributed by atoms with Gasteiger partial charge in [-0.25, -0.2) is 9.07 Å². The van der Waals surface area contributed by atoms with Crippen LogP contribution in [0.5, 0.6) is 5.75 Å². The molecule has 2 heterocycles. The summed E-state index contributed by atoms with van der Waals surface area (Å²) in [6.07, 6.45) is 1.75. The fourth-order valence-corrected chi connectivity index (χ4v) is 3.78. The molecule has 4 rings (SSSR count). The van der Waals surface area contributed by atoms with E-state index >= 15 is 0 Å². The Morgan fingerprint density at radius 3 is 2.44 bits per heavy atom. The molecule has 1 aliphatic rings. The molecule has 0 radical (unpaired) electrons. The van der Waals surface area contributed by atoms with E-state index in [4.69, 9.17) is 4.74 Å². The number of piperazine rings is 1. The lowest BCUT2D eigenvalue weighted by molar-refractivity contribution is 0.0619. The van der Waals surface area contributed by atoms with Crippen LogP contribution in [0, 0.1) is 5.82 Å². The SMILES string of the molecule is CC(C)c1ccc(OCn2ccc(C(=O)N3CCN(Cc4ccccc4F)CC3)n2)cc1. The number of hydrogen-bond donors (Lipinski definition) is 0. The summed E-state index contributed by atoms with van der Waals surface area (Å²) in [6.45, 7) is 7.70. The maximum atomic E-state index is 13.9. The second-order valence-electron chi connectivity index (χ2n) is 8.40. The lowest BCUT2D eigenvalue weighted by Crippen LogP contribution is -2.48. The van der Waals surface area contributed by atoms with Gasteiger partial charge >= 0.3 is 0 Å². The standard InChI is InChI=1S/C25H29FN4O2/c1-19(2)20-7-9-22(10-8-20)32-18-30-12-11-24(27-30)25(31)29-15-13-28(14-16-29)17-21-5-3-4-6-23(21)26/h3-12,19H,13-18H2,1-2H3. The first kappa shape index (κ1) is 22.0. The van der Waals surface area contributed by atoms with Gasteiger partial charge in [-0.1, -0.05) is 44.2 Å². The molecule has 1 amide bonds. The molecule has 6 nitrogen and oxygen atoms in total. The van der Waals surface area contributed by atoms with E-state index in [9.17, 15) is 9.18 Å². The zero-order valence-corrected chi connectivity index (χ0v) is 18.6. The normalized spacial score (nSPS) is 14.7. The summed E-state index contributed by atoms with van der Waals surface area (Å²) in [7, 11) is 0. The molecular weight excluding hydrogens is 407 g/mol. The second kappa shape index (κ2) is 9.96. The third-order valence-corrected chi connectivity index (χ3v) is 5.78. The van der Waals surface area contributed by atoms with Crippen LogP contribution in [0.1, 0.15) is 41.4 Å². The van der Waals surface area contributed by atoms with Crippen LogP contribution in [0.4, 0.5) is 4.39 Å². The number of hydrogen-bond acceptors (Lipinski definition) is 4. The van der Waals surface area contributed by atoms with Crippen LogP contribution in [0.15, 0.2) is 60.8 Å². The molecule has 0 bridgehead atoms. The minimum Gasteiger partial charge on any atom is -0.471 e. The van der Waals surface area contributed by atoms with Gasteiger partial charge in [0.2, 0.25) is 0 Å². The summed E-state index contributed by atoms with van der Waals surface area (Å²) in [5, 5.41) is 4.38. The van der Waals surface area contributed by atoms with Crippen LogP contribution in [0.2, 0.25) is 0 Å². The fourth-order valence-electron chi connectivity index (χ4n) is 3.78. The summed E-state index contributed by atoms with van der Waals surface area (Å²) in [6, 6.07) is 16.6. The van der Waals surface area contributed by atoms with Crippen molar-refractivity contribution in [1.29, 1.82) is 0 Å². The third kappa shape index (κ3) is 5.34. The van der Waals surface area contributed by atoms with Crippen molar-refractivity contribution in [2.24, 2.45) is 0 Å². The molecule has 0 aliphatic carbocycles. The van der Waals surface area contributed by atoms with E-state index in [1.54, 1.807) is 34.0 Å². The fraction of sp³-hybridized carbons (Fsp3) is 0.360. The number of benzene rings is 2. The van der Waals surface area contributed by atoms with E-state index in [0.29, 0.717) is 49.9 Å². The lowest BCUT2D eigenvalue weighted by Gasteiger charge is -2.34. The van der Waals surface area contributed by atoms with Gasteiger partial charge in [-0.3, -0.25) is 9.69 Å². The third-order valence-electron chi connectivity index (χ3n) is 5.78. The van der Waals surface area contributed by atoms with Crippen molar-refractivity contribution in [2.45, 2.75) is 33.0 Å². The topological polar surface area (TPSA) is 50.6 Å². The Kier molecular flexibility index (Phi) is 6.85. The highest BCUT2D eigenvalue weighted by Crippen LogP contribution is 2.19. The van der Waals surface area contributed by atoms with E-state index in [1.165, 1.54) is 11.6 Å². The molecule has 7 heteroatoms. The lowest BCUT2D eigenvalue weighted by atomic mass is 10.0. The monoisotopic (exact) mass is 436 g/mol.